The number of nitrogens with one attached hydrogen (secondary N) is 1. The molecule has 2 rings (SSSR count). The number of benzene rings is 1. The second-order valence-electron chi connectivity index (χ2n) is 4.46. The summed E-state index contributed by atoms with van der Waals surface area (Å²) in [6.07, 6.45) is 4.59. The molecule has 2 aromatic rings. The molecule has 0 unspecified atom stereocenters. The molecule has 104 valence electrons. The third-order valence-electron chi connectivity index (χ3n) is 3.03. The maximum Gasteiger partial charge on any atom is 0.170 e. The average Bonchev–Trinajstić information content (AvgIpc) is 2.52. The molecule has 0 aliphatic rings. The molecule has 0 fully saturated rings. The van der Waals surface area contributed by atoms with Gasteiger partial charge in [0.25, 0.3) is 0 Å². The highest BCUT2D eigenvalue weighted by molar-refractivity contribution is 5.96. The van der Waals surface area contributed by atoms with Crippen LogP contribution in [0.15, 0.2) is 53.9 Å². The number of rotatable bonds is 6. The zero-order valence-corrected chi connectivity index (χ0v) is 11.2. The smallest absolute Gasteiger partial charge is 0.170 e. The van der Waals surface area contributed by atoms with Crippen molar-refractivity contribution in [2.45, 2.75) is 13.0 Å². The minimum atomic E-state index is 0.127. The minimum absolute atomic E-state index is 0.127. The van der Waals surface area contributed by atoms with Crippen molar-refractivity contribution in [2.75, 3.05) is 6.54 Å². The Kier molecular flexibility index (Phi) is 5.08. The van der Waals surface area contributed by atoms with Crippen molar-refractivity contribution in [1.29, 1.82) is 0 Å². The highest BCUT2D eigenvalue weighted by Crippen LogP contribution is 2.04. The molecule has 0 spiro atoms. The van der Waals surface area contributed by atoms with E-state index in [-0.39, 0.29) is 5.84 Å². The van der Waals surface area contributed by atoms with Gasteiger partial charge < -0.3 is 16.3 Å². The van der Waals surface area contributed by atoms with E-state index in [4.69, 9.17) is 10.9 Å². The maximum absolute atomic E-state index is 8.59. The summed E-state index contributed by atoms with van der Waals surface area (Å²) >= 11 is 0. The van der Waals surface area contributed by atoms with Crippen molar-refractivity contribution in [3.8, 4) is 0 Å². The van der Waals surface area contributed by atoms with Crippen LogP contribution in [0.2, 0.25) is 0 Å². The van der Waals surface area contributed by atoms with E-state index in [0.717, 1.165) is 25.1 Å². The summed E-state index contributed by atoms with van der Waals surface area (Å²) in [5, 5.41) is 14.9. The van der Waals surface area contributed by atoms with E-state index in [2.05, 4.69) is 15.5 Å². The topological polar surface area (TPSA) is 83.5 Å². The Balaban J connectivity index is 1.77. The van der Waals surface area contributed by atoms with Gasteiger partial charge in [-0.25, -0.2) is 0 Å². The van der Waals surface area contributed by atoms with Gasteiger partial charge in [0, 0.05) is 24.5 Å². The first kappa shape index (κ1) is 14.0. The van der Waals surface area contributed by atoms with Gasteiger partial charge in [-0.05, 0) is 36.2 Å². The monoisotopic (exact) mass is 270 g/mol. The van der Waals surface area contributed by atoms with Crippen LogP contribution in [0, 0.1) is 0 Å². The van der Waals surface area contributed by atoms with E-state index < -0.39 is 0 Å². The highest BCUT2D eigenvalue weighted by atomic mass is 16.4. The number of oxime groups is 1. The van der Waals surface area contributed by atoms with Gasteiger partial charge in [-0.2, -0.15) is 0 Å². The predicted molar refractivity (Wildman–Crippen MR) is 78.6 cm³/mol. The van der Waals surface area contributed by atoms with Crippen LogP contribution in [-0.2, 0) is 13.0 Å². The Morgan fingerprint density at radius 3 is 2.45 bits per heavy atom. The first-order valence-electron chi connectivity index (χ1n) is 6.46. The van der Waals surface area contributed by atoms with Crippen LogP contribution in [0.3, 0.4) is 0 Å². The Labute approximate surface area is 118 Å². The average molecular weight is 270 g/mol. The molecule has 1 aromatic heterocycles. The summed E-state index contributed by atoms with van der Waals surface area (Å²) in [6, 6.07) is 11.7. The summed E-state index contributed by atoms with van der Waals surface area (Å²) < 4.78 is 0. The zero-order valence-electron chi connectivity index (χ0n) is 11.2. The molecule has 1 heterocycles. The van der Waals surface area contributed by atoms with Crippen LogP contribution < -0.4 is 11.1 Å². The van der Waals surface area contributed by atoms with Crippen LogP contribution in [-0.4, -0.2) is 22.6 Å². The molecule has 5 nitrogen and oxygen atoms in total. The fourth-order valence-corrected chi connectivity index (χ4v) is 1.87. The lowest BCUT2D eigenvalue weighted by Gasteiger charge is -2.06. The van der Waals surface area contributed by atoms with E-state index in [9.17, 15) is 0 Å². The van der Waals surface area contributed by atoms with Crippen LogP contribution in [0.1, 0.15) is 16.7 Å². The SMILES string of the molecule is NC(=NO)c1ccc(CNCCc2ccncc2)cc1. The van der Waals surface area contributed by atoms with Crippen molar-refractivity contribution in [3.63, 3.8) is 0 Å². The van der Waals surface area contributed by atoms with Gasteiger partial charge in [0.1, 0.15) is 0 Å². The lowest BCUT2D eigenvalue weighted by molar-refractivity contribution is 0.318. The Bertz CT molecular complexity index is 552. The van der Waals surface area contributed by atoms with Gasteiger partial charge in [-0.1, -0.05) is 29.4 Å². The molecule has 0 atom stereocenters. The number of nitrogens with zero attached hydrogens (tertiary/aromatic N) is 2. The van der Waals surface area contributed by atoms with Crippen LogP contribution in [0.5, 0.6) is 0 Å². The molecular formula is C15H18N4O. The van der Waals surface area contributed by atoms with Crippen molar-refractivity contribution in [1.82, 2.24) is 10.3 Å². The Morgan fingerprint density at radius 1 is 1.10 bits per heavy atom. The van der Waals surface area contributed by atoms with Gasteiger partial charge >= 0.3 is 0 Å². The molecule has 0 radical (unpaired) electrons. The summed E-state index contributed by atoms with van der Waals surface area (Å²) in [7, 11) is 0. The largest absolute Gasteiger partial charge is 0.409 e. The molecule has 20 heavy (non-hydrogen) atoms. The number of aromatic nitrogens is 1. The standard InChI is InChI=1S/C15H18N4O/c16-15(19-20)14-3-1-13(2-4-14)11-18-10-7-12-5-8-17-9-6-12/h1-6,8-9,18,20H,7,10-11H2,(H2,16,19). The minimum Gasteiger partial charge on any atom is -0.409 e. The fourth-order valence-electron chi connectivity index (χ4n) is 1.87. The predicted octanol–water partition coefficient (Wildman–Crippen LogP) is 1.51. The van der Waals surface area contributed by atoms with Crippen molar-refractivity contribution < 1.29 is 5.21 Å². The van der Waals surface area contributed by atoms with Crippen LogP contribution >= 0.6 is 0 Å². The number of hydrogen-bond donors (Lipinski definition) is 3. The van der Waals surface area contributed by atoms with Crippen LogP contribution in [0.25, 0.3) is 0 Å². The van der Waals surface area contributed by atoms with E-state index in [1.54, 1.807) is 12.4 Å². The molecule has 0 bridgehead atoms. The first-order valence-corrected chi connectivity index (χ1v) is 6.46. The molecule has 5 heteroatoms. The maximum atomic E-state index is 8.59. The highest BCUT2D eigenvalue weighted by Gasteiger charge is 1.99. The van der Waals surface area contributed by atoms with Crippen molar-refractivity contribution in [2.24, 2.45) is 10.9 Å². The lowest BCUT2D eigenvalue weighted by Crippen LogP contribution is -2.17. The van der Waals surface area contributed by atoms with E-state index in [1.165, 1.54) is 5.56 Å². The molecule has 0 saturated carbocycles. The quantitative estimate of drug-likeness (QED) is 0.244. The van der Waals surface area contributed by atoms with E-state index in [1.807, 2.05) is 36.4 Å². The summed E-state index contributed by atoms with van der Waals surface area (Å²) in [4.78, 5) is 3.99. The van der Waals surface area contributed by atoms with Gasteiger partial charge in [0.2, 0.25) is 0 Å². The van der Waals surface area contributed by atoms with Crippen molar-refractivity contribution in [3.05, 3.63) is 65.5 Å². The molecule has 4 N–H and O–H groups in total. The molecule has 0 amide bonds. The van der Waals surface area contributed by atoms with Gasteiger partial charge in [0.15, 0.2) is 5.84 Å². The molecule has 0 aliphatic heterocycles. The molecule has 1 aromatic carbocycles. The third kappa shape index (κ3) is 4.07. The Morgan fingerprint density at radius 2 is 1.80 bits per heavy atom. The van der Waals surface area contributed by atoms with E-state index >= 15 is 0 Å². The third-order valence-corrected chi connectivity index (χ3v) is 3.03. The molecule has 0 saturated heterocycles. The summed E-state index contributed by atoms with van der Waals surface area (Å²) in [5.41, 5.74) is 8.66. The van der Waals surface area contributed by atoms with E-state index in [0.29, 0.717) is 5.56 Å². The van der Waals surface area contributed by atoms with Gasteiger partial charge in [-0.3, -0.25) is 4.98 Å². The summed E-state index contributed by atoms with van der Waals surface area (Å²) in [6.45, 7) is 1.70. The number of hydrogen-bond acceptors (Lipinski definition) is 4. The normalized spacial score (nSPS) is 11.5. The molecule has 0 aliphatic carbocycles. The lowest BCUT2D eigenvalue weighted by atomic mass is 10.1. The first-order chi connectivity index (χ1) is 9.79. The zero-order chi connectivity index (χ0) is 14.2. The second-order valence-corrected chi connectivity index (χ2v) is 4.46. The fraction of sp³-hybridized carbons (Fsp3) is 0.200. The summed E-state index contributed by atoms with van der Waals surface area (Å²) in [5.74, 6) is 0.127. The molecular weight excluding hydrogens is 252 g/mol. The number of amidine groups is 1. The van der Waals surface area contributed by atoms with Gasteiger partial charge in [0.05, 0.1) is 0 Å². The van der Waals surface area contributed by atoms with Crippen molar-refractivity contribution >= 4 is 5.84 Å². The number of nitrogens with two attached hydrogens (primary N) is 1. The van der Waals surface area contributed by atoms with Gasteiger partial charge in [-0.15, -0.1) is 0 Å². The second kappa shape index (κ2) is 7.25. The Hall–Kier alpha value is -2.40. The number of pyridine rings is 1. The van der Waals surface area contributed by atoms with Crippen LogP contribution in [0.4, 0.5) is 0 Å².